The number of hydrogen-bond acceptors (Lipinski definition) is 6. The van der Waals surface area contributed by atoms with E-state index in [1.54, 1.807) is 6.07 Å². The SMILES string of the molecule is CS(=O)(=O)Nc1cccc(-c2nn(C3CCCCO3)c3ccc(-c4ncn(C(c5ccccc5)(c5ccccc5)c5ccccc5)n4)cc23)c1. The first-order valence-corrected chi connectivity index (χ1v) is 18.6. The fourth-order valence-corrected chi connectivity index (χ4v) is 7.62. The molecule has 0 amide bonds. The van der Waals surface area contributed by atoms with E-state index >= 15 is 0 Å². The lowest BCUT2D eigenvalue weighted by atomic mass is 9.77. The Balaban J connectivity index is 1.30. The van der Waals surface area contributed by atoms with Gasteiger partial charge in [-0.25, -0.2) is 22.8 Å². The lowest BCUT2D eigenvalue weighted by Crippen LogP contribution is -2.38. The number of nitrogens with one attached hydrogen (secondary N) is 1. The van der Waals surface area contributed by atoms with Gasteiger partial charge in [0.1, 0.15) is 17.6 Å². The van der Waals surface area contributed by atoms with E-state index in [1.807, 2.05) is 58.2 Å². The third-order valence-corrected chi connectivity index (χ3v) is 9.85. The van der Waals surface area contributed by atoms with E-state index in [9.17, 15) is 8.42 Å². The van der Waals surface area contributed by atoms with Crippen molar-refractivity contribution >= 4 is 26.6 Å². The molecular formula is C40H36N6O3S. The van der Waals surface area contributed by atoms with Crippen LogP contribution in [0.15, 0.2) is 140 Å². The fraction of sp³-hybridized carbons (Fsp3) is 0.175. The smallest absolute Gasteiger partial charge is 0.229 e. The summed E-state index contributed by atoms with van der Waals surface area (Å²) < 4.78 is 36.8. The Morgan fingerprint density at radius 3 is 2.00 bits per heavy atom. The highest BCUT2D eigenvalue weighted by molar-refractivity contribution is 7.92. The van der Waals surface area contributed by atoms with Gasteiger partial charge in [-0.1, -0.05) is 103 Å². The molecule has 1 aliphatic heterocycles. The fourth-order valence-electron chi connectivity index (χ4n) is 7.07. The van der Waals surface area contributed by atoms with Gasteiger partial charge < -0.3 is 4.74 Å². The lowest BCUT2D eigenvalue weighted by Gasteiger charge is -2.35. The number of hydrogen-bond donors (Lipinski definition) is 1. The van der Waals surface area contributed by atoms with Crippen molar-refractivity contribution < 1.29 is 13.2 Å². The van der Waals surface area contributed by atoms with Gasteiger partial charge in [0.25, 0.3) is 0 Å². The Bertz CT molecular complexity index is 2270. The van der Waals surface area contributed by atoms with Gasteiger partial charge in [-0.05, 0) is 66.3 Å². The number of anilines is 1. The summed E-state index contributed by atoms with van der Waals surface area (Å²) >= 11 is 0. The van der Waals surface area contributed by atoms with Crippen molar-refractivity contribution in [3.8, 4) is 22.6 Å². The maximum atomic E-state index is 12.1. The van der Waals surface area contributed by atoms with Crippen molar-refractivity contribution in [1.29, 1.82) is 0 Å². The van der Waals surface area contributed by atoms with E-state index in [0.717, 1.165) is 69.9 Å². The topological polar surface area (TPSA) is 104 Å². The Kier molecular flexibility index (Phi) is 8.26. The number of rotatable bonds is 9. The number of aromatic nitrogens is 5. The minimum absolute atomic E-state index is 0.191. The van der Waals surface area contributed by atoms with E-state index in [1.165, 1.54) is 0 Å². The minimum Gasteiger partial charge on any atom is -0.356 e. The molecular weight excluding hydrogens is 645 g/mol. The van der Waals surface area contributed by atoms with Crippen LogP contribution in [0.2, 0.25) is 0 Å². The van der Waals surface area contributed by atoms with Crippen LogP contribution >= 0.6 is 0 Å². The summed E-state index contributed by atoms with van der Waals surface area (Å²) in [6.07, 6.45) is 5.71. The molecule has 1 unspecified atom stereocenters. The summed E-state index contributed by atoms with van der Waals surface area (Å²) in [6, 6.07) is 44.6. The van der Waals surface area contributed by atoms with Crippen molar-refractivity contribution in [2.75, 3.05) is 17.6 Å². The number of benzene rings is 5. The molecule has 8 rings (SSSR count). The Hall–Kier alpha value is -5.58. The molecule has 7 aromatic rings. The summed E-state index contributed by atoms with van der Waals surface area (Å²) in [6.45, 7) is 0.681. The largest absolute Gasteiger partial charge is 0.356 e. The van der Waals surface area contributed by atoms with Crippen LogP contribution in [0.4, 0.5) is 5.69 Å². The van der Waals surface area contributed by atoms with Gasteiger partial charge in [-0.3, -0.25) is 4.72 Å². The Labute approximate surface area is 291 Å². The summed E-state index contributed by atoms with van der Waals surface area (Å²) in [4.78, 5) is 4.91. The average molecular weight is 681 g/mol. The van der Waals surface area contributed by atoms with Gasteiger partial charge in [0.15, 0.2) is 12.1 Å². The molecule has 10 heteroatoms. The van der Waals surface area contributed by atoms with Crippen LogP contribution in [0.5, 0.6) is 0 Å². The summed E-state index contributed by atoms with van der Waals surface area (Å²) in [7, 11) is -3.46. The molecule has 250 valence electrons. The molecule has 5 aromatic carbocycles. The zero-order valence-corrected chi connectivity index (χ0v) is 28.4. The summed E-state index contributed by atoms with van der Waals surface area (Å²) in [5, 5.41) is 11.2. The molecule has 2 aromatic heterocycles. The zero-order valence-electron chi connectivity index (χ0n) is 27.6. The van der Waals surface area contributed by atoms with Crippen molar-refractivity contribution in [3.05, 3.63) is 156 Å². The third kappa shape index (κ3) is 5.86. The van der Waals surface area contributed by atoms with Crippen LogP contribution in [0.25, 0.3) is 33.5 Å². The predicted molar refractivity (Wildman–Crippen MR) is 196 cm³/mol. The molecule has 1 atom stereocenters. The quantitative estimate of drug-likeness (QED) is 0.156. The van der Waals surface area contributed by atoms with Crippen molar-refractivity contribution in [2.45, 2.75) is 31.0 Å². The molecule has 1 fully saturated rings. The maximum absolute atomic E-state index is 12.1. The highest BCUT2D eigenvalue weighted by Crippen LogP contribution is 2.41. The highest BCUT2D eigenvalue weighted by atomic mass is 32.2. The van der Waals surface area contributed by atoms with Gasteiger partial charge in [-0.2, -0.15) is 5.10 Å². The second-order valence-corrected chi connectivity index (χ2v) is 14.4. The van der Waals surface area contributed by atoms with Crippen molar-refractivity contribution in [2.24, 2.45) is 0 Å². The van der Waals surface area contributed by atoms with Gasteiger partial charge in [-0.15, -0.1) is 5.10 Å². The highest BCUT2D eigenvalue weighted by Gasteiger charge is 2.39. The molecule has 0 aliphatic carbocycles. The Morgan fingerprint density at radius 2 is 1.40 bits per heavy atom. The van der Waals surface area contributed by atoms with E-state index < -0.39 is 15.6 Å². The van der Waals surface area contributed by atoms with E-state index in [0.29, 0.717) is 18.1 Å². The summed E-state index contributed by atoms with van der Waals surface area (Å²) in [5.41, 5.74) is 6.11. The third-order valence-electron chi connectivity index (χ3n) is 9.24. The monoisotopic (exact) mass is 680 g/mol. The minimum atomic E-state index is -3.46. The van der Waals surface area contributed by atoms with Crippen LogP contribution in [-0.4, -0.2) is 45.8 Å². The second kappa shape index (κ2) is 13.0. The lowest BCUT2D eigenvalue weighted by molar-refractivity contribution is -0.0365. The van der Waals surface area contributed by atoms with Gasteiger partial charge in [0.05, 0.1) is 11.8 Å². The first-order valence-electron chi connectivity index (χ1n) is 16.7. The van der Waals surface area contributed by atoms with Crippen LogP contribution in [-0.2, 0) is 20.3 Å². The van der Waals surface area contributed by atoms with Crippen LogP contribution < -0.4 is 4.72 Å². The molecule has 1 aliphatic rings. The van der Waals surface area contributed by atoms with Crippen LogP contribution in [0.1, 0.15) is 42.2 Å². The predicted octanol–water partition coefficient (Wildman–Crippen LogP) is 7.87. The Morgan fingerprint density at radius 1 is 0.740 bits per heavy atom. The van der Waals surface area contributed by atoms with Crippen molar-refractivity contribution in [3.63, 3.8) is 0 Å². The zero-order chi connectivity index (χ0) is 34.1. The van der Waals surface area contributed by atoms with Crippen molar-refractivity contribution in [1.82, 2.24) is 24.5 Å². The molecule has 0 bridgehead atoms. The van der Waals surface area contributed by atoms with Gasteiger partial charge in [0, 0.05) is 28.8 Å². The standard InChI is InChI=1S/C40H36N6O3S/c1-50(47,48)44-34-21-13-14-29(26-34)38-35-27-30(23-24-36(35)46(42-38)37-22-11-12-25-49-37)39-41-28-45(43-39)40(31-15-5-2-6-16-31,32-17-7-3-8-18-32)33-19-9-4-10-20-33/h2-10,13-21,23-24,26-28,37,44H,11-12,22,25H2,1H3. The van der Waals surface area contributed by atoms with E-state index in [4.69, 9.17) is 19.9 Å². The van der Waals surface area contributed by atoms with Crippen LogP contribution in [0.3, 0.4) is 0 Å². The van der Waals surface area contributed by atoms with Gasteiger partial charge >= 0.3 is 0 Å². The molecule has 9 nitrogen and oxygen atoms in total. The van der Waals surface area contributed by atoms with Gasteiger partial charge in [0.2, 0.25) is 10.0 Å². The molecule has 3 heterocycles. The maximum Gasteiger partial charge on any atom is 0.229 e. The molecule has 0 saturated carbocycles. The average Bonchev–Trinajstić information content (AvgIpc) is 3.79. The number of fused-ring (bicyclic) bond motifs is 1. The molecule has 0 spiro atoms. The number of sulfonamides is 1. The van der Waals surface area contributed by atoms with E-state index in [-0.39, 0.29) is 6.23 Å². The van der Waals surface area contributed by atoms with E-state index in [2.05, 4.69) is 89.7 Å². The summed E-state index contributed by atoms with van der Waals surface area (Å²) in [5.74, 6) is 0.569. The normalized spacial score (nSPS) is 15.3. The first-order chi connectivity index (χ1) is 24.4. The second-order valence-electron chi connectivity index (χ2n) is 12.6. The van der Waals surface area contributed by atoms with Crippen LogP contribution in [0, 0.1) is 0 Å². The number of ether oxygens (including phenoxy) is 1. The molecule has 1 N–H and O–H groups in total. The molecule has 50 heavy (non-hydrogen) atoms. The molecule has 1 saturated heterocycles. The number of nitrogens with zero attached hydrogens (tertiary/aromatic N) is 5. The molecule has 0 radical (unpaired) electrons. The first kappa shape index (κ1) is 31.7.